The van der Waals surface area contributed by atoms with Gasteiger partial charge in [-0.2, -0.15) is 0 Å². The molecule has 3 heteroatoms. The Bertz CT molecular complexity index is 1160. The van der Waals surface area contributed by atoms with E-state index in [0.29, 0.717) is 5.69 Å². The van der Waals surface area contributed by atoms with Gasteiger partial charge in [0, 0.05) is 11.3 Å². The highest BCUT2D eigenvalue weighted by molar-refractivity contribution is 6.24. The first kappa shape index (κ1) is 16.7. The van der Waals surface area contributed by atoms with Crippen molar-refractivity contribution in [2.45, 2.75) is 25.2 Å². The number of nitrogens with zero attached hydrogens (tertiary/aromatic N) is 1. The fourth-order valence-corrected chi connectivity index (χ4v) is 6.20. The summed E-state index contributed by atoms with van der Waals surface area (Å²) in [5, 5.41) is 0. The lowest BCUT2D eigenvalue weighted by molar-refractivity contribution is -0.123. The standard InChI is InChI=1S/C26H21NO2/c1-15-9-3-8-14-20(15)27-24(28)22-21-16-10-4-6-12-18(16)26(2,23(22)25(27)29)19-13-7-5-11-17(19)21/h3-14,21-23H,1-2H3/t21?,22-,23-,26?/m1/s1. The van der Waals surface area contributed by atoms with E-state index in [2.05, 4.69) is 31.2 Å². The molecular formula is C26H21NO2. The molecule has 142 valence electrons. The molecule has 3 aromatic rings. The highest BCUT2D eigenvalue weighted by Gasteiger charge is 2.66. The molecule has 0 N–H and O–H groups in total. The number of rotatable bonds is 1. The van der Waals surface area contributed by atoms with Crippen LogP contribution in [-0.4, -0.2) is 11.8 Å². The predicted molar refractivity (Wildman–Crippen MR) is 112 cm³/mol. The van der Waals surface area contributed by atoms with Crippen LogP contribution in [0.4, 0.5) is 5.69 Å². The van der Waals surface area contributed by atoms with Gasteiger partial charge in [0.25, 0.3) is 0 Å². The second-order valence-electron chi connectivity index (χ2n) is 8.66. The van der Waals surface area contributed by atoms with Crippen molar-refractivity contribution >= 4 is 17.5 Å². The van der Waals surface area contributed by atoms with Gasteiger partial charge in [-0.05, 0) is 40.8 Å². The van der Waals surface area contributed by atoms with Crippen molar-refractivity contribution in [2.75, 3.05) is 4.90 Å². The molecule has 1 fully saturated rings. The minimum absolute atomic E-state index is 0.0606. The molecule has 3 aliphatic carbocycles. The zero-order valence-corrected chi connectivity index (χ0v) is 16.4. The SMILES string of the molecule is Cc1ccccc1N1C(=O)[C@@H]2C3c4ccccc4C(C)(c4ccccc43)[C@H]2C1=O. The zero-order valence-electron chi connectivity index (χ0n) is 16.4. The van der Waals surface area contributed by atoms with Crippen LogP contribution >= 0.6 is 0 Å². The van der Waals surface area contributed by atoms with Gasteiger partial charge in [0.1, 0.15) is 0 Å². The summed E-state index contributed by atoms with van der Waals surface area (Å²) < 4.78 is 0. The molecule has 1 saturated heterocycles. The molecule has 1 aliphatic heterocycles. The molecule has 2 bridgehead atoms. The Kier molecular flexibility index (Phi) is 3.14. The number of benzene rings is 3. The summed E-state index contributed by atoms with van der Waals surface area (Å²) >= 11 is 0. The van der Waals surface area contributed by atoms with Gasteiger partial charge in [0.15, 0.2) is 0 Å². The lowest BCUT2D eigenvalue weighted by Crippen LogP contribution is -2.51. The topological polar surface area (TPSA) is 37.4 Å². The maximum absolute atomic E-state index is 13.8. The molecule has 0 unspecified atom stereocenters. The van der Waals surface area contributed by atoms with E-state index >= 15 is 0 Å². The molecule has 7 rings (SSSR count). The zero-order chi connectivity index (χ0) is 19.9. The normalized spacial score (nSPS) is 28.9. The first-order valence-electron chi connectivity index (χ1n) is 10.2. The lowest BCUT2D eigenvalue weighted by Gasteiger charge is -2.52. The van der Waals surface area contributed by atoms with Crippen molar-refractivity contribution in [1.29, 1.82) is 0 Å². The maximum atomic E-state index is 13.8. The summed E-state index contributed by atoms with van der Waals surface area (Å²) in [7, 11) is 0. The summed E-state index contributed by atoms with van der Waals surface area (Å²) in [5.74, 6) is -0.915. The Morgan fingerprint density at radius 3 is 1.93 bits per heavy atom. The number of imide groups is 1. The molecule has 0 spiro atoms. The smallest absolute Gasteiger partial charge is 0.238 e. The summed E-state index contributed by atoms with van der Waals surface area (Å²) in [6.45, 7) is 4.11. The Hall–Kier alpha value is -3.20. The Labute approximate surface area is 170 Å². The van der Waals surface area contributed by atoms with Crippen LogP contribution in [0.5, 0.6) is 0 Å². The van der Waals surface area contributed by atoms with E-state index in [4.69, 9.17) is 0 Å². The number of para-hydroxylation sites is 1. The lowest BCUT2D eigenvalue weighted by atomic mass is 9.48. The number of amides is 2. The van der Waals surface area contributed by atoms with Crippen LogP contribution in [0.1, 0.15) is 40.7 Å². The Balaban J connectivity index is 1.64. The summed E-state index contributed by atoms with van der Waals surface area (Å²) in [6.07, 6.45) is 0. The molecule has 29 heavy (non-hydrogen) atoms. The number of hydrogen-bond donors (Lipinski definition) is 0. The first-order valence-corrected chi connectivity index (χ1v) is 10.2. The largest absolute Gasteiger partial charge is 0.274 e. The quantitative estimate of drug-likeness (QED) is 0.581. The van der Waals surface area contributed by atoms with Crippen molar-refractivity contribution < 1.29 is 9.59 Å². The third-order valence-corrected chi connectivity index (χ3v) is 7.40. The first-order chi connectivity index (χ1) is 14.0. The number of hydrogen-bond acceptors (Lipinski definition) is 2. The average Bonchev–Trinajstić information content (AvgIpc) is 3.01. The van der Waals surface area contributed by atoms with Crippen molar-refractivity contribution in [3.05, 3.63) is 101 Å². The van der Waals surface area contributed by atoms with E-state index in [0.717, 1.165) is 5.56 Å². The highest BCUT2D eigenvalue weighted by Crippen LogP contribution is 2.64. The highest BCUT2D eigenvalue weighted by atomic mass is 16.2. The molecule has 4 aliphatic rings. The van der Waals surface area contributed by atoms with E-state index in [1.807, 2.05) is 55.5 Å². The van der Waals surface area contributed by atoms with Gasteiger partial charge in [-0.3, -0.25) is 9.59 Å². The molecule has 3 aromatic carbocycles. The fraction of sp³-hybridized carbons (Fsp3) is 0.231. The van der Waals surface area contributed by atoms with Gasteiger partial charge in [0.05, 0.1) is 17.5 Å². The Morgan fingerprint density at radius 1 is 0.759 bits per heavy atom. The van der Waals surface area contributed by atoms with Gasteiger partial charge in [-0.25, -0.2) is 4.90 Å². The van der Waals surface area contributed by atoms with Crippen LogP contribution in [0.15, 0.2) is 72.8 Å². The van der Waals surface area contributed by atoms with E-state index in [1.165, 1.54) is 27.2 Å². The summed E-state index contributed by atoms with van der Waals surface area (Å²) in [4.78, 5) is 29.0. The minimum Gasteiger partial charge on any atom is -0.274 e. The van der Waals surface area contributed by atoms with E-state index < -0.39 is 5.41 Å². The monoisotopic (exact) mass is 379 g/mol. The fourth-order valence-electron chi connectivity index (χ4n) is 6.20. The van der Waals surface area contributed by atoms with Crippen molar-refractivity contribution in [3.63, 3.8) is 0 Å². The molecule has 0 aromatic heterocycles. The van der Waals surface area contributed by atoms with E-state index in [9.17, 15) is 9.59 Å². The number of carbonyl (C=O) groups excluding carboxylic acids is 2. The van der Waals surface area contributed by atoms with Gasteiger partial charge in [0.2, 0.25) is 11.8 Å². The van der Waals surface area contributed by atoms with Crippen LogP contribution in [0, 0.1) is 18.8 Å². The van der Waals surface area contributed by atoms with Crippen LogP contribution in [0.2, 0.25) is 0 Å². The number of carbonyl (C=O) groups is 2. The second kappa shape index (κ2) is 5.44. The molecule has 2 amide bonds. The third kappa shape index (κ3) is 1.84. The van der Waals surface area contributed by atoms with Crippen LogP contribution < -0.4 is 4.90 Å². The maximum Gasteiger partial charge on any atom is 0.238 e. The van der Waals surface area contributed by atoms with Gasteiger partial charge in [-0.1, -0.05) is 73.7 Å². The van der Waals surface area contributed by atoms with E-state index in [-0.39, 0.29) is 29.6 Å². The predicted octanol–water partition coefficient (Wildman–Crippen LogP) is 4.57. The average molecular weight is 379 g/mol. The van der Waals surface area contributed by atoms with Crippen molar-refractivity contribution in [1.82, 2.24) is 0 Å². The molecule has 0 saturated carbocycles. The second-order valence-corrected chi connectivity index (χ2v) is 8.66. The minimum atomic E-state index is -0.503. The molecule has 1 heterocycles. The third-order valence-electron chi connectivity index (χ3n) is 7.40. The van der Waals surface area contributed by atoms with E-state index in [1.54, 1.807) is 0 Å². The molecular weight excluding hydrogens is 358 g/mol. The van der Waals surface area contributed by atoms with Gasteiger partial charge in [-0.15, -0.1) is 0 Å². The van der Waals surface area contributed by atoms with Gasteiger partial charge < -0.3 is 0 Å². The molecule has 0 radical (unpaired) electrons. The van der Waals surface area contributed by atoms with Crippen LogP contribution in [0.25, 0.3) is 0 Å². The Morgan fingerprint density at radius 2 is 1.31 bits per heavy atom. The van der Waals surface area contributed by atoms with Gasteiger partial charge >= 0.3 is 0 Å². The number of anilines is 1. The summed E-state index contributed by atoms with van der Waals surface area (Å²) in [5.41, 5.74) is 5.94. The van der Waals surface area contributed by atoms with Crippen LogP contribution in [-0.2, 0) is 15.0 Å². The molecule has 2 atom stereocenters. The van der Waals surface area contributed by atoms with Crippen molar-refractivity contribution in [2.24, 2.45) is 11.8 Å². The summed E-state index contributed by atoms with van der Waals surface area (Å²) in [6, 6.07) is 24.4. The molecule has 3 nitrogen and oxygen atoms in total. The van der Waals surface area contributed by atoms with Crippen LogP contribution in [0.3, 0.4) is 0 Å². The number of aryl methyl sites for hydroxylation is 1. The van der Waals surface area contributed by atoms with Crippen molar-refractivity contribution in [3.8, 4) is 0 Å².